The number of allylic oxidation sites excluding steroid dienone is 1. The lowest BCUT2D eigenvalue weighted by Crippen LogP contribution is -2.52. The van der Waals surface area contributed by atoms with Crippen molar-refractivity contribution in [3.05, 3.63) is 70.3 Å². The lowest BCUT2D eigenvalue weighted by molar-refractivity contribution is 0.0519. The highest BCUT2D eigenvalue weighted by Gasteiger charge is 2.47. The van der Waals surface area contributed by atoms with E-state index in [1.165, 1.54) is 11.1 Å². The van der Waals surface area contributed by atoms with Gasteiger partial charge in [-0.2, -0.15) is 0 Å². The van der Waals surface area contributed by atoms with E-state index in [4.69, 9.17) is 25.9 Å². The largest absolute Gasteiger partial charge is 0.490 e. The number of carbonyl (C=O) groups is 1. The van der Waals surface area contributed by atoms with Gasteiger partial charge < -0.3 is 19.2 Å². The maximum Gasteiger partial charge on any atom is 0.335 e. The van der Waals surface area contributed by atoms with E-state index in [0.717, 1.165) is 74.5 Å². The highest BCUT2D eigenvalue weighted by atomic mass is 35.5. The van der Waals surface area contributed by atoms with Crippen molar-refractivity contribution >= 4 is 41.6 Å². The summed E-state index contributed by atoms with van der Waals surface area (Å²) in [6.45, 7) is 13.4. The van der Waals surface area contributed by atoms with E-state index >= 15 is 0 Å². The van der Waals surface area contributed by atoms with Gasteiger partial charge in [-0.25, -0.2) is 18.4 Å². The first kappa shape index (κ1) is 36.4. The Labute approximate surface area is 298 Å². The minimum absolute atomic E-state index is 0.0215. The van der Waals surface area contributed by atoms with Crippen LogP contribution in [0.4, 0.5) is 5.69 Å². The summed E-state index contributed by atoms with van der Waals surface area (Å²) >= 11 is 6.45. The lowest BCUT2D eigenvalue weighted by Gasteiger charge is -2.48. The van der Waals surface area contributed by atoms with Crippen LogP contribution in [0.5, 0.6) is 5.75 Å². The van der Waals surface area contributed by atoms with Crippen molar-refractivity contribution in [3.63, 3.8) is 0 Å². The van der Waals surface area contributed by atoms with Gasteiger partial charge in [-0.1, -0.05) is 50.6 Å². The summed E-state index contributed by atoms with van der Waals surface area (Å²) in [5.41, 5.74) is 3.38. The summed E-state index contributed by atoms with van der Waals surface area (Å²) < 4.78 is 37.5. The molecule has 4 aliphatic rings. The third-order valence-electron chi connectivity index (χ3n) is 12.3. The van der Waals surface area contributed by atoms with E-state index < -0.39 is 24.3 Å². The number of nitrogens with two attached hydrogens (primary N) is 1. The molecule has 3 N–H and O–H groups in total. The molecule has 2 aromatic carbocycles. The molecule has 1 aliphatic heterocycles. The molecule has 2 saturated carbocycles. The monoisotopic (exact) mass is 728 g/mol. The number of carboxylic acid groups (broad SMARTS) is 1. The topological polar surface area (TPSA) is 119 Å². The van der Waals surface area contributed by atoms with Crippen molar-refractivity contribution in [2.45, 2.75) is 95.4 Å². The minimum Gasteiger partial charge on any atom is -0.490 e. The third kappa shape index (κ3) is 7.78. The number of anilines is 1. The molecule has 49 heavy (non-hydrogen) atoms. The Bertz CT molecular complexity index is 1710. The summed E-state index contributed by atoms with van der Waals surface area (Å²) in [6.07, 6.45) is 11.3. The first-order valence-corrected chi connectivity index (χ1v) is 22.9. The van der Waals surface area contributed by atoms with E-state index in [9.17, 15) is 18.3 Å². The van der Waals surface area contributed by atoms with E-state index in [2.05, 4.69) is 63.0 Å². The van der Waals surface area contributed by atoms with Crippen LogP contribution in [0.3, 0.4) is 0 Å². The van der Waals surface area contributed by atoms with Crippen molar-refractivity contribution in [2.24, 2.45) is 28.8 Å². The second kappa shape index (κ2) is 13.6. The number of ether oxygens (including phenoxy) is 1. The van der Waals surface area contributed by atoms with E-state index in [0.29, 0.717) is 12.5 Å². The van der Waals surface area contributed by atoms with E-state index in [1.807, 2.05) is 12.1 Å². The number of fused-ring (bicyclic) bond motifs is 3. The molecular weight excluding hydrogens is 676 g/mol. The Morgan fingerprint density at radius 2 is 1.92 bits per heavy atom. The summed E-state index contributed by atoms with van der Waals surface area (Å²) in [4.78, 5) is 14.5. The maximum absolute atomic E-state index is 12.1. The highest BCUT2D eigenvalue weighted by Crippen LogP contribution is 2.48. The van der Waals surface area contributed by atoms with Gasteiger partial charge in [-0.15, -0.1) is 0 Å². The first-order chi connectivity index (χ1) is 22.9. The van der Waals surface area contributed by atoms with Gasteiger partial charge in [0.05, 0.1) is 29.7 Å². The van der Waals surface area contributed by atoms with E-state index in [-0.39, 0.29) is 45.6 Å². The molecule has 8 nitrogen and oxygen atoms in total. The second-order valence-electron chi connectivity index (χ2n) is 16.7. The van der Waals surface area contributed by atoms with Crippen LogP contribution in [-0.2, 0) is 26.3 Å². The molecule has 0 radical (unpaired) electrons. The number of carboxylic acids is 1. The Hall–Kier alpha value is -2.37. The fraction of sp³-hybridized carbons (Fsp3) is 0.605. The average Bonchev–Trinajstić information content (AvgIpc) is 3.13. The van der Waals surface area contributed by atoms with Crippen molar-refractivity contribution in [3.8, 4) is 5.75 Å². The van der Waals surface area contributed by atoms with Gasteiger partial charge in [-0.05, 0) is 128 Å². The van der Waals surface area contributed by atoms with Crippen LogP contribution < -0.4 is 14.8 Å². The number of hydrogen-bond acceptors (Lipinski definition) is 6. The van der Waals surface area contributed by atoms with Gasteiger partial charge >= 0.3 is 5.97 Å². The zero-order valence-corrected chi connectivity index (χ0v) is 32.2. The van der Waals surface area contributed by atoms with Crippen molar-refractivity contribution < 1.29 is 27.5 Å². The van der Waals surface area contributed by atoms with Gasteiger partial charge in [0.15, 0.2) is 8.32 Å². The average molecular weight is 729 g/mol. The number of aryl methyl sites for hydroxylation is 1. The van der Waals surface area contributed by atoms with Crippen molar-refractivity contribution in [1.82, 2.24) is 0 Å². The summed E-state index contributed by atoms with van der Waals surface area (Å²) in [6, 6.07) is 11.5. The Morgan fingerprint density at radius 3 is 2.55 bits per heavy atom. The van der Waals surface area contributed by atoms with Gasteiger partial charge in [0.25, 0.3) is 0 Å². The zero-order valence-electron chi connectivity index (χ0n) is 29.6. The normalized spacial score (nSPS) is 27.8. The number of aromatic carboxylic acids is 1. The van der Waals surface area contributed by atoms with Crippen LogP contribution in [0.15, 0.2) is 48.6 Å². The number of primary sulfonamides is 1. The van der Waals surface area contributed by atoms with Crippen molar-refractivity contribution in [2.75, 3.05) is 30.3 Å². The Balaban J connectivity index is 1.31. The summed E-state index contributed by atoms with van der Waals surface area (Å²) in [7, 11) is -5.68. The van der Waals surface area contributed by atoms with E-state index in [1.54, 1.807) is 12.1 Å². The minimum atomic E-state index is -3.52. The lowest BCUT2D eigenvalue weighted by atomic mass is 9.68. The van der Waals surface area contributed by atoms with Crippen LogP contribution in [0, 0.1) is 23.7 Å². The molecule has 2 fully saturated rings. The van der Waals surface area contributed by atoms with Crippen molar-refractivity contribution in [1.29, 1.82) is 0 Å². The van der Waals surface area contributed by atoms with Gasteiger partial charge in [0.1, 0.15) is 5.75 Å². The molecule has 6 rings (SSSR count). The first-order valence-electron chi connectivity index (χ1n) is 17.9. The summed E-state index contributed by atoms with van der Waals surface area (Å²) in [5, 5.41) is 16.1. The van der Waals surface area contributed by atoms with Gasteiger partial charge in [0, 0.05) is 23.5 Å². The smallest absolute Gasteiger partial charge is 0.335 e. The number of rotatable bonds is 10. The predicted molar refractivity (Wildman–Crippen MR) is 199 cm³/mol. The molecule has 268 valence electrons. The molecule has 0 bridgehead atoms. The molecule has 1 spiro atoms. The molecular formula is C38H53ClN2O6SSi. The quantitative estimate of drug-likeness (QED) is 0.189. The molecule has 2 unspecified atom stereocenters. The predicted octanol–water partition coefficient (Wildman–Crippen LogP) is 7.80. The number of benzene rings is 2. The van der Waals surface area contributed by atoms with Crippen LogP contribution in [-0.4, -0.2) is 59.4 Å². The Morgan fingerprint density at radius 1 is 1.16 bits per heavy atom. The summed E-state index contributed by atoms with van der Waals surface area (Å²) in [5.74, 6) is 0.638. The molecule has 3 aliphatic carbocycles. The third-order valence-corrected chi connectivity index (χ3v) is 17.9. The molecule has 1 heterocycles. The molecule has 6 atom stereocenters. The number of nitrogens with zero attached hydrogens (tertiary/aromatic N) is 1. The molecule has 0 amide bonds. The molecule has 0 aromatic heterocycles. The van der Waals surface area contributed by atoms with Crippen LogP contribution in [0.2, 0.25) is 23.2 Å². The van der Waals surface area contributed by atoms with Gasteiger partial charge in [-0.3, -0.25) is 0 Å². The Kier molecular flexibility index (Phi) is 10.1. The van der Waals surface area contributed by atoms with Crippen LogP contribution >= 0.6 is 11.6 Å². The molecule has 0 saturated heterocycles. The molecule has 11 heteroatoms. The maximum atomic E-state index is 12.1. The van der Waals surface area contributed by atoms with Crippen LogP contribution in [0.1, 0.15) is 80.8 Å². The zero-order chi connectivity index (χ0) is 35.4. The number of sulfonamides is 1. The SMILES string of the molecule is CC(C)(C)[Si](C)(C)OC(/C=C/[C@H]1CC[C@@H]1CS(N)(=O)=O)[C@@H]1CC[C@H]1CN1CC2(CCCc3cc(Cl)ccc32)COc2ccc(C(=O)O)cc21. The van der Waals surface area contributed by atoms with Crippen LogP contribution in [0.25, 0.3) is 0 Å². The highest BCUT2D eigenvalue weighted by molar-refractivity contribution is 7.89. The fourth-order valence-electron chi connectivity index (χ4n) is 8.18. The molecule has 2 aromatic rings. The fourth-order valence-corrected chi connectivity index (χ4v) is 10.7. The standard InChI is InChI=1S/C38H53ClN2O6SSi/c1-37(2,3)49(4,5)47-34(16-11-25-8-9-29(25)22-48(40,44)45)31-14-10-28(31)21-41-23-38(18-6-7-26-19-30(39)13-15-32(26)38)24-46-35-17-12-27(36(42)43)20-33(35)41/h11-13,15-17,19-20,25,28-29,31,34H,6-10,14,18,21-24H2,1-5H3,(H,42,43)(H2,40,44,45)/b16-11+/t25-,28+,29-,31-,34?,38?/m1/s1. The second-order valence-corrected chi connectivity index (χ2v) is 23.5. The number of hydrogen-bond donors (Lipinski definition) is 2. The number of halogens is 1. The van der Waals surface area contributed by atoms with Gasteiger partial charge in [0.2, 0.25) is 10.0 Å².